The number of fused-ring (bicyclic) bond motifs is 8. The Labute approximate surface area is 446 Å². The van der Waals surface area contributed by atoms with Crippen LogP contribution in [0.2, 0.25) is 0 Å². The van der Waals surface area contributed by atoms with Gasteiger partial charge in [0.25, 0.3) is 0 Å². The van der Waals surface area contributed by atoms with E-state index in [0.29, 0.717) is 0 Å². The van der Waals surface area contributed by atoms with Crippen LogP contribution in [0.4, 0.5) is 0 Å². The first-order chi connectivity index (χ1) is 36.9. The highest BCUT2D eigenvalue weighted by Crippen LogP contribution is 2.48. The molecular weight excluding hydrogens is 913 g/mol. The minimum absolute atomic E-state index is 0.0591. The summed E-state index contributed by atoms with van der Waals surface area (Å²) in [7, 11) is 0. The standard InChI is InChI=1S/2C38H30/c2*1-38(2,3)31-20-21-34-35(24-31)37(30-19-17-26-11-5-7-13-28(26)23-30)33-15-9-8-14-32(33)36(34)29-18-16-25-10-4-6-12-27(25)22-29/h2*4-24H,1-3H3. The molecule has 0 bridgehead atoms. The van der Waals surface area contributed by atoms with Gasteiger partial charge in [-0.05, 0) is 189 Å². The summed E-state index contributed by atoms with van der Waals surface area (Å²) in [4.78, 5) is 0. The monoisotopic (exact) mass is 972 g/mol. The molecule has 0 aliphatic heterocycles. The molecule has 0 nitrogen and oxygen atoms in total. The Morgan fingerprint density at radius 3 is 0.671 bits per heavy atom. The van der Waals surface area contributed by atoms with E-state index >= 15 is 0 Å². The van der Waals surface area contributed by atoms with Gasteiger partial charge >= 0.3 is 0 Å². The maximum absolute atomic E-state index is 2.44. The molecule has 0 saturated carbocycles. The van der Waals surface area contributed by atoms with Crippen LogP contribution in [0.5, 0.6) is 0 Å². The van der Waals surface area contributed by atoms with Crippen LogP contribution >= 0.6 is 0 Å². The molecule has 0 radical (unpaired) electrons. The normalized spacial score (nSPS) is 12.1. The second kappa shape index (κ2) is 18.5. The number of hydrogen-bond acceptors (Lipinski definition) is 0. The lowest BCUT2D eigenvalue weighted by molar-refractivity contribution is 0.591. The van der Waals surface area contributed by atoms with E-state index in [9.17, 15) is 0 Å². The molecule has 14 rings (SSSR count). The summed E-state index contributed by atoms with van der Waals surface area (Å²) in [5.41, 5.74) is 13.1. The predicted molar refractivity (Wildman–Crippen MR) is 332 cm³/mol. The average Bonchev–Trinajstić information content (AvgIpc) is 3.54. The lowest BCUT2D eigenvalue weighted by Gasteiger charge is -2.23. The van der Waals surface area contributed by atoms with Gasteiger partial charge in [0.05, 0.1) is 0 Å². The first-order valence-corrected chi connectivity index (χ1v) is 26.9. The summed E-state index contributed by atoms with van der Waals surface area (Å²) in [6.07, 6.45) is 0. The summed E-state index contributed by atoms with van der Waals surface area (Å²) in [5.74, 6) is 0. The van der Waals surface area contributed by atoms with Crippen molar-refractivity contribution in [1.29, 1.82) is 0 Å². The Kier molecular flexibility index (Phi) is 11.4. The third-order valence-corrected chi connectivity index (χ3v) is 15.9. The van der Waals surface area contributed by atoms with Crippen molar-refractivity contribution >= 4 is 86.2 Å². The summed E-state index contributed by atoms with van der Waals surface area (Å²) < 4.78 is 0. The molecular formula is C76H60. The fraction of sp³-hybridized carbons (Fsp3) is 0.105. The van der Waals surface area contributed by atoms with Gasteiger partial charge in [-0.1, -0.05) is 260 Å². The van der Waals surface area contributed by atoms with Crippen molar-refractivity contribution in [3.8, 4) is 44.5 Å². The lowest BCUT2D eigenvalue weighted by atomic mass is 9.81. The molecule has 0 amide bonds. The van der Waals surface area contributed by atoms with Crippen LogP contribution in [0.15, 0.2) is 255 Å². The predicted octanol–water partition coefficient (Wildman–Crippen LogP) is 21.9. The summed E-state index contributed by atoms with van der Waals surface area (Å²) in [5, 5.41) is 20.6. The van der Waals surface area contributed by atoms with Crippen LogP contribution in [0.3, 0.4) is 0 Å². The Balaban J connectivity index is 0.000000146. The lowest BCUT2D eigenvalue weighted by Crippen LogP contribution is -2.10. The van der Waals surface area contributed by atoms with E-state index in [4.69, 9.17) is 0 Å². The Bertz CT molecular complexity index is 4300. The first-order valence-electron chi connectivity index (χ1n) is 26.9. The van der Waals surface area contributed by atoms with Gasteiger partial charge in [-0.3, -0.25) is 0 Å². The van der Waals surface area contributed by atoms with Crippen LogP contribution in [0.25, 0.3) is 131 Å². The van der Waals surface area contributed by atoms with Crippen LogP contribution in [0, 0.1) is 0 Å². The van der Waals surface area contributed by atoms with Gasteiger partial charge in [-0.2, -0.15) is 0 Å². The smallest absolute Gasteiger partial charge is 0.00260 e. The summed E-state index contributed by atoms with van der Waals surface area (Å²) in [6.45, 7) is 13.8. The fourth-order valence-corrected chi connectivity index (χ4v) is 11.9. The highest BCUT2D eigenvalue weighted by molar-refractivity contribution is 6.24. The molecule has 0 heterocycles. The van der Waals surface area contributed by atoms with E-state index in [1.165, 1.54) is 142 Å². The zero-order chi connectivity index (χ0) is 51.7. The van der Waals surface area contributed by atoms with Gasteiger partial charge in [0, 0.05) is 0 Å². The Hall–Kier alpha value is -8.84. The molecule has 0 N–H and O–H groups in total. The Morgan fingerprint density at radius 2 is 0.408 bits per heavy atom. The number of benzene rings is 14. The van der Waals surface area contributed by atoms with Gasteiger partial charge in [0.1, 0.15) is 0 Å². The van der Waals surface area contributed by atoms with E-state index in [-0.39, 0.29) is 10.8 Å². The van der Waals surface area contributed by atoms with Crippen molar-refractivity contribution in [2.75, 3.05) is 0 Å². The van der Waals surface area contributed by atoms with Crippen molar-refractivity contribution < 1.29 is 0 Å². The van der Waals surface area contributed by atoms with E-state index in [0.717, 1.165) is 0 Å². The fourth-order valence-electron chi connectivity index (χ4n) is 11.9. The van der Waals surface area contributed by atoms with E-state index < -0.39 is 0 Å². The molecule has 0 heteroatoms. The highest BCUT2D eigenvalue weighted by atomic mass is 14.3. The van der Waals surface area contributed by atoms with Crippen molar-refractivity contribution in [2.24, 2.45) is 0 Å². The van der Waals surface area contributed by atoms with Crippen molar-refractivity contribution in [3.05, 3.63) is 266 Å². The van der Waals surface area contributed by atoms with Crippen LogP contribution < -0.4 is 0 Å². The minimum Gasteiger partial charge on any atom is -0.0616 e. The first kappa shape index (κ1) is 46.9. The molecule has 0 saturated heterocycles. The third-order valence-electron chi connectivity index (χ3n) is 15.9. The second-order valence-electron chi connectivity index (χ2n) is 22.9. The zero-order valence-corrected chi connectivity index (χ0v) is 44.2. The van der Waals surface area contributed by atoms with Crippen molar-refractivity contribution in [1.82, 2.24) is 0 Å². The topological polar surface area (TPSA) is 0 Å². The molecule has 0 aliphatic carbocycles. The van der Waals surface area contributed by atoms with E-state index in [2.05, 4.69) is 296 Å². The van der Waals surface area contributed by atoms with Gasteiger partial charge in [-0.25, -0.2) is 0 Å². The molecule has 0 aromatic heterocycles. The molecule has 76 heavy (non-hydrogen) atoms. The molecule has 14 aromatic carbocycles. The minimum atomic E-state index is 0.0591. The maximum Gasteiger partial charge on any atom is -0.00260 e. The van der Waals surface area contributed by atoms with Gasteiger partial charge in [-0.15, -0.1) is 0 Å². The zero-order valence-electron chi connectivity index (χ0n) is 44.2. The molecule has 0 spiro atoms. The van der Waals surface area contributed by atoms with Crippen molar-refractivity contribution in [2.45, 2.75) is 52.4 Å². The van der Waals surface area contributed by atoms with Gasteiger partial charge in [0.2, 0.25) is 0 Å². The van der Waals surface area contributed by atoms with Crippen LogP contribution in [-0.4, -0.2) is 0 Å². The average molecular weight is 973 g/mol. The maximum atomic E-state index is 2.44. The summed E-state index contributed by atoms with van der Waals surface area (Å²) in [6, 6.07) is 94.3. The molecule has 0 atom stereocenters. The highest BCUT2D eigenvalue weighted by Gasteiger charge is 2.23. The van der Waals surface area contributed by atoms with Crippen LogP contribution in [-0.2, 0) is 10.8 Å². The number of rotatable bonds is 4. The summed E-state index contributed by atoms with van der Waals surface area (Å²) >= 11 is 0. The SMILES string of the molecule is CC(C)(C)c1ccc2c(-c3ccc4ccccc4c3)c3ccccc3c(-c3ccc4ccccc4c3)c2c1.CC(C)(C)c1ccc2c(-c3ccc4ccccc4c3)c3ccccc3c(-c3ccc4ccccc4c3)c2c1. The molecule has 0 unspecified atom stereocenters. The largest absolute Gasteiger partial charge is 0.0616 e. The van der Waals surface area contributed by atoms with E-state index in [1.807, 2.05) is 0 Å². The van der Waals surface area contributed by atoms with Crippen LogP contribution in [0.1, 0.15) is 52.7 Å². The van der Waals surface area contributed by atoms with Crippen molar-refractivity contribution in [3.63, 3.8) is 0 Å². The molecule has 14 aromatic rings. The third kappa shape index (κ3) is 8.36. The van der Waals surface area contributed by atoms with E-state index in [1.54, 1.807) is 0 Å². The quantitative estimate of drug-likeness (QED) is 0.154. The van der Waals surface area contributed by atoms with Gasteiger partial charge < -0.3 is 0 Å². The molecule has 364 valence electrons. The number of hydrogen-bond donors (Lipinski definition) is 0. The second-order valence-corrected chi connectivity index (χ2v) is 22.9. The molecule has 0 aliphatic rings. The van der Waals surface area contributed by atoms with Gasteiger partial charge in [0.15, 0.2) is 0 Å². The Morgan fingerprint density at radius 1 is 0.184 bits per heavy atom. The molecule has 0 fully saturated rings.